The molecule has 3 heteroatoms. The van der Waals surface area contributed by atoms with E-state index in [4.69, 9.17) is 4.74 Å². The molecule has 90 valence electrons. The summed E-state index contributed by atoms with van der Waals surface area (Å²) in [5.74, 6) is 0.904. The van der Waals surface area contributed by atoms with E-state index >= 15 is 0 Å². The third-order valence-corrected chi connectivity index (χ3v) is 3.56. The minimum absolute atomic E-state index is 0.904. The van der Waals surface area contributed by atoms with Crippen LogP contribution in [0.2, 0.25) is 0 Å². The maximum atomic E-state index is 5.33. The van der Waals surface area contributed by atoms with Crippen molar-refractivity contribution in [2.45, 2.75) is 13.3 Å². The van der Waals surface area contributed by atoms with E-state index in [0.717, 1.165) is 24.4 Å². The van der Waals surface area contributed by atoms with Crippen LogP contribution in [0, 0.1) is 6.92 Å². The van der Waals surface area contributed by atoms with E-state index in [1.807, 2.05) is 6.07 Å². The van der Waals surface area contributed by atoms with E-state index in [9.17, 15) is 0 Å². The van der Waals surface area contributed by atoms with Gasteiger partial charge in [0.2, 0.25) is 0 Å². The predicted molar refractivity (Wildman–Crippen MR) is 74.2 cm³/mol. The second kappa shape index (κ2) is 5.73. The van der Waals surface area contributed by atoms with Crippen LogP contribution in [0.5, 0.6) is 5.75 Å². The number of hydrogen-bond acceptors (Lipinski definition) is 3. The number of anilines is 1. The molecule has 1 heterocycles. The van der Waals surface area contributed by atoms with Crippen LogP contribution in [-0.4, -0.2) is 13.7 Å². The van der Waals surface area contributed by atoms with Crippen molar-refractivity contribution < 1.29 is 4.74 Å². The Hall–Kier alpha value is -1.48. The van der Waals surface area contributed by atoms with Gasteiger partial charge in [0.15, 0.2) is 0 Å². The zero-order valence-corrected chi connectivity index (χ0v) is 11.0. The SMILES string of the molecule is COc1ccc(C)cc1NCCc1cccs1. The molecule has 0 spiro atoms. The summed E-state index contributed by atoms with van der Waals surface area (Å²) in [7, 11) is 1.70. The zero-order chi connectivity index (χ0) is 12.1. The number of hydrogen-bond donors (Lipinski definition) is 1. The van der Waals surface area contributed by atoms with E-state index in [1.165, 1.54) is 10.4 Å². The molecule has 0 bridgehead atoms. The number of ether oxygens (including phenoxy) is 1. The molecule has 1 aromatic carbocycles. The number of nitrogens with one attached hydrogen (secondary N) is 1. The molecule has 0 saturated heterocycles. The van der Waals surface area contributed by atoms with Crippen molar-refractivity contribution in [3.63, 3.8) is 0 Å². The second-order valence-corrected chi connectivity index (χ2v) is 4.99. The van der Waals surface area contributed by atoms with Crippen LogP contribution in [0.1, 0.15) is 10.4 Å². The summed E-state index contributed by atoms with van der Waals surface area (Å²) in [5.41, 5.74) is 2.31. The van der Waals surface area contributed by atoms with Gasteiger partial charge in [0.05, 0.1) is 12.8 Å². The van der Waals surface area contributed by atoms with Gasteiger partial charge in [-0.2, -0.15) is 0 Å². The lowest BCUT2D eigenvalue weighted by atomic mass is 10.2. The largest absolute Gasteiger partial charge is 0.495 e. The Kier molecular flexibility index (Phi) is 4.04. The Balaban J connectivity index is 1.96. The van der Waals surface area contributed by atoms with Crippen molar-refractivity contribution >= 4 is 17.0 Å². The number of benzene rings is 1. The lowest BCUT2D eigenvalue weighted by molar-refractivity contribution is 0.416. The Morgan fingerprint density at radius 2 is 2.18 bits per heavy atom. The van der Waals surface area contributed by atoms with E-state index in [2.05, 4.69) is 41.9 Å². The lowest BCUT2D eigenvalue weighted by Crippen LogP contribution is -2.05. The number of rotatable bonds is 5. The van der Waals surface area contributed by atoms with Gasteiger partial charge in [-0.3, -0.25) is 0 Å². The third kappa shape index (κ3) is 3.24. The van der Waals surface area contributed by atoms with Crippen LogP contribution < -0.4 is 10.1 Å². The fourth-order valence-corrected chi connectivity index (χ4v) is 2.44. The molecule has 0 fully saturated rings. The van der Waals surface area contributed by atoms with Crippen LogP contribution in [0.4, 0.5) is 5.69 Å². The smallest absolute Gasteiger partial charge is 0.141 e. The topological polar surface area (TPSA) is 21.3 Å². The summed E-state index contributed by atoms with van der Waals surface area (Å²) in [6, 6.07) is 10.4. The second-order valence-electron chi connectivity index (χ2n) is 3.96. The highest BCUT2D eigenvalue weighted by atomic mass is 32.1. The van der Waals surface area contributed by atoms with Gasteiger partial charge < -0.3 is 10.1 Å². The van der Waals surface area contributed by atoms with Crippen molar-refractivity contribution in [1.82, 2.24) is 0 Å². The Labute approximate surface area is 106 Å². The van der Waals surface area contributed by atoms with Crippen molar-refractivity contribution in [2.75, 3.05) is 19.0 Å². The van der Waals surface area contributed by atoms with E-state index in [-0.39, 0.29) is 0 Å². The summed E-state index contributed by atoms with van der Waals surface area (Å²) in [6.07, 6.45) is 1.05. The molecule has 0 unspecified atom stereocenters. The predicted octanol–water partition coefficient (Wildman–Crippen LogP) is 3.72. The average Bonchev–Trinajstić information content (AvgIpc) is 2.82. The minimum Gasteiger partial charge on any atom is -0.495 e. The first kappa shape index (κ1) is 12.0. The zero-order valence-electron chi connectivity index (χ0n) is 10.2. The Morgan fingerprint density at radius 3 is 2.88 bits per heavy atom. The number of aryl methyl sites for hydroxylation is 1. The highest BCUT2D eigenvalue weighted by Gasteiger charge is 2.02. The van der Waals surface area contributed by atoms with Gasteiger partial charge in [-0.1, -0.05) is 12.1 Å². The van der Waals surface area contributed by atoms with Crippen LogP contribution in [0.25, 0.3) is 0 Å². The van der Waals surface area contributed by atoms with Gasteiger partial charge in [-0.15, -0.1) is 11.3 Å². The molecule has 0 aliphatic heterocycles. The van der Waals surface area contributed by atoms with Crippen molar-refractivity contribution in [3.8, 4) is 5.75 Å². The molecule has 0 amide bonds. The fourth-order valence-electron chi connectivity index (χ4n) is 1.74. The Morgan fingerprint density at radius 1 is 1.29 bits per heavy atom. The molecule has 1 N–H and O–H groups in total. The summed E-state index contributed by atoms with van der Waals surface area (Å²) >= 11 is 1.80. The van der Waals surface area contributed by atoms with E-state index in [1.54, 1.807) is 18.4 Å². The van der Waals surface area contributed by atoms with Gasteiger partial charge in [-0.25, -0.2) is 0 Å². The molecule has 17 heavy (non-hydrogen) atoms. The molecule has 2 aromatic rings. The standard InChI is InChI=1S/C14H17NOS/c1-11-5-6-14(16-2)13(10-11)15-8-7-12-4-3-9-17-12/h3-6,9-10,15H,7-8H2,1-2H3. The molecule has 0 atom stereocenters. The molecule has 0 saturated carbocycles. The summed E-state index contributed by atoms with van der Waals surface area (Å²) in [4.78, 5) is 1.41. The maximum absolute atomic E-state index is 5.33. The van der Waals surface area contributed by atoms with Crippen molar-refractivity contribution in [1.29, 1.82) is 0 Å². The fraction of sp³-hybridized carbons (Fsp3) is 0.286. The summed E-state index contributed by atoms with van der Waals surface area (Å²) < 4.78 is 5.33. The molecular weight excluding hydrogens is 230 g/mol. The molecule has 0 aliphatic carbocycles. The Bertz CT molecular complexity index is 465. The van der Waals surface area contributed by atoms with Gasteiger partial charge in [0.25, 0.3) is 0 Å². The first-order chi connectivity index (χ1) is 8.29. The van der Waals surface area contributed by atoms with Gasteiger partial charge in [-0.05, 0) is 42.5 Å². The van der Waals surface area contributed by atoms with E-state index < -0.39 is 0 Å². The highest BCUT2D eigenvalue weighted by molar-refractivity contribution is 7.09. The van der Waals surface area contributed by atoms with Crippen molar-refractivity contribution in [2.24, 2.45) is 0 Å². The normalized spacial score (nSPS) is 10.2. The maximum Gasteiger partial charge on any atom is 0.141 e. The molecule has 2 rings (SSSR count). The first-order valence-electron chi connectivity index (χ1n) is 5.70. The minimum atomic E-state index is 0.904. The van der Waals surface area contributed by atoms with E-state index in [0.29, 0.717) is 0 Å². The average molecular weight is 247 g/mol. The van der Waals surface area contributed by atoms with Crippen LogP contribution in [0.3, 0.4) is 0 Å². The monoisotopic (exact) mass is 247 g/mol. The first-order valence-corrected chi connectivity index (χ1v) is 6.58. The number of thiophene rings is 1. The number of methoxy groups -OCH3 is 1. The summed E-state index contributed by atoms with van der Waals surface area (Å²) in [6.45, 7) is 3.02. The van der Waals surface area contributed by atoms with Gasteiger partial charge in [0, 0.05) is 11.4 Å². The van der Waals surface area contributed by atoms with Crippen LogP contribution >= 0.6 is 11.3 Å². The van der Waals surface area contributed by atoms with Gasteiger partial charge in [0.1, 0.15) is 5.75 Å². The highest BCUT2D eigenvalue weighted by Crippen LogP contribution is 2.25. The van der Waals surface area contributed by atoms with Gasteiger partial charge >= 0.3 is 0 Å². The molecule has 0 radical (unpaired) electrons. The molecule has 2 nitrogen and oxygen atoms in total. The third-order valence-electron chi connectivity index (χ3n) is 2.62. The quantitative estimate of drug-likeness (QED) is 0.869. The van der Waals surface area contributed by atoms with Crippen LogP contribution in [-0.2, 0) is 6.42 Å². The lowest BCUT2D eigenvalue weighted by Gasteiger charge is -2.11. The summed E-state index contributed by atoms with van der Waals surface area (Å²) in [5, 5.41) is 5.54. The van der Waals surface area contributed by atoms with Crippen LogP contribution in [0.15, 0.2) is 35.7 Å². The molecular formula is C14H17NOS. The van der Waals surface area contributed by atoms with Crippen molar-refractivity contribution in [3.05, 3.63) is 46.2 Å². The molecule has 0 aliphatic rings. The molecule has 1 aromatic heterocycles.